The van der Waals surface area contributed by atoms with E-state index >= 15 is 0 Å². The number of hydrogen-bond donors (Lipinski definition) is 0. The first kappa shape index (κ1) is 44.4. The summed E-state index contributed by atoms with van der Waals surface area (Å²) in [6, 6.07) is 86.4. The standard InChI is InChI=1S/2C18H15P.C16H15.CO.Rh/c2*1-4-10-16(11-5-1)19(17-12-6-2-7-13-17)18-14-8-3-9-15-18;1-3-16(2,14-10-6-4-7-11-14)15-12-8-5-9-13-15;1-2;/h2*1-15H;3-12H,1H2,2H3;;/q;;-1;;. The number of allylic oxidation sites excluding steroid dienone is 1. The fourth-order valence-corrected chi connectivity index (χ4v) is 10.9. The molecule has 57 heavy (non-hydrogen) atoms. The fourth-order valence-electron chi connectivity index (χ4n) is 6.24. The minimum absolute atomic E-state index is 0. The van der Waals surface area contributed by atoms with Crippen LogP contribution in [0, 0.1) is 12.7 Å². The van der Waals surface area contributed by atoms with Gasteiger partial charge in [-0.15, -0.1) is 12.1 Å². The van der Waals surface area contributed by atoms with E-state index in [4.69, 9.17) is 4.65 Å². The minimum atomic E-state index is -0.446. The molecule has 0 amide bonds. The van der Waals surface area contributed by atoms with Gasteiger partial charge >= 0.3 is 11.3 Å². The second-order valence-corrected chi connectivity index (χ2v) is 17.2. The zero-order valence-corrected chi connectivity index (χ0v) is 35.4. The third-order valence-electron chi connectivity index (χ3n) is 9.14. The second-order valence-electron chi connectivity index (χ2n) is 12.7. The van der Waals surface area contributed by atoms with Gasteiger partial charge < -0.3 is 0 Å². The van der Waals surface area contributed by atoms with E-state index in [0.717, 1.165) is 5.56 Å². The first-order valence-corrected chi connectivity index (χ1v) is 21.1. The third-order valence-corrected chi connectivity index (χ3v) is 14.0. The monoisotopic (exact) mass is 862 g/mol. The minimum Gasteiger partial charge on any atom is -0.0622 e. The molecule has 1 radical (unpaired) electrons. The molecule has 1 unspecified atom stereocenters. The quantitative estimate of drug-likeness (QED) is 0.0453. The maximum atomic E-state index is 7.50. The van der Waals surface area contributed by atoms with Gasteiger partial charge in [-0.1, -0.05) is 218 Å². The molecule has 8 aromatic carbocycles. The number of rotatable bonds is 9. The Bertz CT molecular complexity index is 1930. The molecule has 0 spiro atoms. The summed E-state index contributed by atoms with van der Waals surface area (Å²) in [5.74, 6) is 0. The molecule has 0 heterocycles. The topological polar surface area (TPSA) is 19.9 Å². The Morgan fingerprint density at radius 2 is 0.667 bits per heavy atom. The van der Waals surface area contributed by atoms with Crippen LogP contribution in [0.2, 0.25) is 0 Å². The smallest absolute Gasteiger partial charge is 0 e. The average Bonchev–Trinajstić information content (AvgIpc) is 3.30. The van der Waals surface area contributed by atoms with Crippen LogP contribution in [-0.2, 0) is 29.5 Å². The normalized spacial score (nSPS) is 11.0. The Morgan fingerprint density at radius 1 is 0.421 bits per heavy atom. The molecule has 0 bridgehead atoms. The van der Waals surface area contributed by atoms with E-state index in [2.05, 4.69) is 239 Å². The van der Waals surface area contributed by atoms with Crippen molar-refractivity contribution in [3.8, 4) is 0 Å². The van der Waals surface area contributed by atoms with E-state index in [1.165, 1.54) is 37.4 Å². The van der Waals surface area contributed by atoms with Crippen LogP contribution in [0.3, 0.4) is 0 Å². The molecule has 0 aromatic heterocycles. The second kappa shape index (κ2) is 24.4. The summed E-state index contributed by atoms with van der Waals surface area (Å²) in [6.45, 7) is 10.6. The van der Waals surface area contributed by atoms with Crippen LogP contribution in [-0.4, -0.2) is 0 Å². The van der Waals surface area contributed by atoms with Gasteiger partial charge in [-0.3, -0.25) is 0 Å². The molecule has 8 aromatic rings. The van der Waals surface area contributed by atoms with Crippen LogP contribution in [0.1, 0.15) is 18.1 Å². The molecular formula is C53H45OP2Rh-. The molecule has 0 aliphatic carbocycles. The van der Waals surface area contributed by atoms with Crippen molar-refractivity contribution in [2.75, 3.05) is 0 Å². The Kier molecular flexibility index (Phi) is 19.0. The molecular weight excluding hydrogens is 817 g/mol. The molecule has 283 valence electrons. The van der Waals surface area contributed by atoms with Crippen LogP contribution in [0.25, 0.3) is 0 Å². The molecule has 4 heteroatoms. The van der Waals surface area contributed by atoms with Gasteiger partial charge in [0.05, 0.1) is 0 Å². The van der Waals surface area contributed by atoms with E-state index in [1.807, 2.05) is 30.3 Å². The van der Waals surface area contributed by atoms with Gasteiger partial charge in [0.2, 0.25) is 0 Å². The van der Waals surface area contributed by atoms with E-state index < -0.39 is 15.8 Å². The summed E-state index contributed by atoms with van der Waals surface area (Å²) in [5.41, 5.74) is 2.23. The van der Waals surface area contributed by atoms with Crippen molar-refractivity contribution in [3.05, 3.63) is 273 Å². The van der Waals surface area contributed by atoms with Gasteiger partial charge in [0.25, 0.3) is 0 Å². The van der Waals surface area contributed by atoms with Crippen LogP contribution in [0.4, 0.5) is 0 Å². The zero-order valence-electron chi connectivity index (χ0n) is 31.9. The maximum Gasteiger partial charge on any atom is 0 e. The van der Waals surface area contributed by atoms with Crippen molar-refractivity contribution in [1.29, 1.82) is 0 Å². The van der Waals surface area contributed by atoms with Gasteiger partial charge in [0.1, 0.15) is 0 Å². The summed E-state index contributed by atoms with van der Waals surface area (Å²) in [7, 11) is -0.892. The van der Waals surface area contributed by atoms with Crippen LogP contribution in [0.5, 0.6) is 0 Å². The molecule has 0 N–H and O–H groups in total. The molecule has 8 rings (SSSR count). The molecule has 0 aliphatic rings. The van der Waals surface area contributed by atoms with E-state index in [1.54, 1.807) is 0 Å². The van der Waals surface area contributed by atoms with Crippen molar-refractivity contribution < 1.29 is 24.1 Å². The first-order chi connectivity index (χ1) is 27.7. The fraction of sp³-hybridized carbons (Fsp3) is 0.0377. The van der Waals surface area contributed by atoms with Crippen LogP contribution < -0.4 is 31.8 Å². The Balaban J connectivity index is 0.000000185. The SMILES string of the molecule is C=CC(C)(c1[c-]cccc1)c1ccccc1.[C-]#[O+].[Rh].c1ccc(P(c2ccccc2)c2ccccc2)cc1.c1ccc(P(c2ccccc2)c2ccccc2)cc1. The van der Waals surface area contributed by atoms with Crippen molar-refractivity contribution in [2.45, 2.75) is 12.3 Å². The molecule has 1 atom stereocenters. The molecule has 0 aliphatic heterocycles. The van der Waals surface area contributed by atoms with Gasteiger partial charge in [-0.25, -0.2) is 0 Å². The molecule has 1 nitrogen and oxygen atoms in total. The Hall–Kier alpha value is -5.28. The van der Waals surface area contributed by atoms with Gasteiger partial charge in [-0.2, -0.15) is 30.3 Å². The number of benzene rings is 8. The van der Waals surface area contributed by atoms with Crippen molar-refractivity contribution in [2.24, 2.45) is 0 Å². The van der Waals surface area contributed by atoms with Gasteiger partial charge in [0.15, 0.2) is 0 Å². The number of hydrogen-bond acceptors (Lipinski definition) is 0. The largest absolute Gasteiger partial charge is 0.0622 e. The van der Waals surface area contributed by atoms with Crippen LogP contribution >= 0.6 is 15.8 Å². The maximum absolute atomic E-state index is 7.50. The molecule has 0 saturated heterocycles. The third kappa shape index (κ3) is 12.6. The summed E-state index contributed by atoms with van der Waals surface area (Å²) in [6.07, 6.45) is 1.98. The molecule has 0 saturated carbocycles. The summed E-state index contributed by atoms with van der Waals surface area (Å²) >= 11 is 0. The Morgan fingerprint density at radius 3 is 0.895 bits per heavy atom. The zero-order chi connectivity index (χ0) is 39.3. The van der Waals surface area contributed by atoms with Gasteiger partial charge in [-0.05, 0) is 60.2 Å². The summed E-state index contributed by atoms with van der Waals surface area (Å²) < 4.78 is 7.50. The predicted molar refractivity (Wildman–Crippen MR) is 243 cm³/mol. The first-order valence-electron chi connectivity index (χ1n) is 18.4. The van der Waals surface area contributed by atoms with E-state index in [0.29, 0.717) is 0 Å². The predicted octanol–water partition coefficient (Wildman–Crippen LogP) is 10.8. The van der Waals surface area contributed by atoms with E-state index in [-0.39, 0.29) is 24.9 Å². The summed E-state index contributed by atoms with van der Waals surface area (Å²) in [5, 5.41) is 8.39. The Labute approximate surface area is 355 Å². The summed E-state index contributed by atoms with van der Waals surface area (Å²) in [4.78, 5) is 0. The van der Waals surface area contributed by atoms with Crippen molar-refractivity contribution >= 4 is 47.7 Å². The van der Waals surface area contributed by atoms with E-state index in [9.17, 15) is 0 Å². The van der Waals surface area contributed by atoms with Crippen LogP contribution in [0.15, 0.2) is 249 Å². The average molecular weight is 863 g/mol. The molecule has 0 fully saturated rings. The van der Waals surface area contributed by atoms with Crippen molar-refractivity contribution in [3.63, 3.8) is 0 Å². The van der Waals surface area contributed by atoms with Crippen molar-refractivity contribution in [1.82, 2.24) is 0 Å². The van der Waals surface area contributed by atoms with Gasteiger partial charge in [0, 0.05) is 24.9 Å².